The minimum absolute atomic E-state index is 0.332. The van der Waals surface area contributed by atoms with Crippen LogP contribution in [0.1, 0.15) is 5.56 Å². The van der Waals surface area contributed by atoms with Crippen LogP contribution in [0.5, 0.6) is 11.5 Å². The third kappa shape index (κ3) is 2.80. The van der Waals surface area contributed by atoms with Gasteiger partial charge in [0.2, 0.25) is 0 Å². The van der Waals surface area contributed by atoms with E-state index in [0.717, 1.165) is 10.5 Å². The molecule has 1 heterocycles. The number of thioether (sulfide) groups is 1. The first kappa shape index (κ1) is 12.9. The number of hydrogen-bond donors (Lipinski definition) is 1. The number of benzene rings is 1. The lowest BCUT2D eigenvalue weighted by Crippen LogP contribution is -2.12. The highest BCUT2D eigenvalue weighted by atomic mass is 32.2. The molecule has 0 bridgehead atoms. The molecule has 0 aliphatic heterocycles. The molecule has 2 aromatic rings. The smallest absolute Gasteiger partial charge is 0.145 e. The van der Waals surface area contributed by atoms with E-state index < -0.39 is 0 Å². The lowest BCUT2D eigenvalue weighted by atomic mass is 10.2. The van der Waals surface area contributed by atoms with Gasteiger partial charge >= 0.3 is 0 Å². The topological polar surface area (TPSA) is 48.1 Å². The van der Waals surface area contributed by atoms with Crippen molar-refractivity contribution in [3.63, 3.8) is 0 Å². The Morgan fingerprint density at radius 1 is 1.33 bits per heavy atom. The van der Waals surface area contributed by atoms with Crippen LogP contribution in [-0.2, 0) is 0 Å². The Morgan fingerprint density at radius 2 is 2.17 bits per heavy atom. The standard InChI is InChI=1S/C13H12N2OS2/c1-18-11-6-2-5-10(12(11)13(14)17)16-9-4-3-7-15-8-9/h2-8H,1H3,(H2,14,17). The Labute approximate surface area is 115 Å². The van der Waals surface area contributed by atoms with Crippen LogP contribution in [0.25, 0.3) is 0 Å². The molecule has 0 saturated carbocycles. The average Bonchev–Trinajstić information content (AvgIpc) is 2.39. The van der Waals surface area contributed by atoms with Gasteiger partial charge in [-0.05, 0) is 30.5 Å². The molecule has 92 valence electrons. The van der Waals surface area contributed by atoms with E-state index in [2.05, 4.69) is 4.98 Å². The van der Waals surface area contributed by atoms with Gasteiger partial charge in [0.15, 0.2) is 0 Å². The zero-order valence-electron chi connectivity index (χ0n) is 9.79. The predicted molar refractivity (Wildman–Crippen MR) is 78.4 cm³/mol. The average molecular weight is 276 g/mol. The molecule has 3 nitrogen and oxygen atoms in total. The first-order valence-corrected chi connectivity index (χ1v) is 6.90. The summed E-state index contributed by atoms with van der Waals surface area (Å²) in [5, 5.41) is 0. The van der Waals surface area contributed by atoms with Crippen LogP contribution < -0.4 is 10.5 Å². The third-order valence-corrected chi connectivity index (χ3v) is 3.30. The fourth-order valence-electron chi connectivity index (χ4n) is 1.54. The zero-order valence-corrected chi connectivity index (χ0v) is 11.4. The maximum absolute atomic E-state index is 5.77. The summed E-state index contributed by atoms with van der Waals surface area (Å²) in [5.41, 5.74) is 6.53. The molecule has 0 saturated heterocycles. The van der Waals surface area contributed by atoms with E-state index in [1.54, 1.807) is 24.2 Å². The van der Waals surface area contributed by atoms with Gasteiger partial charge < -0.3 is 10.5 Å². The van der Waals surface area contributed by atoms with Crippen molar-refractivity contribution in [1.29, 1.82) is 0 Å². The van der Waals surface area contributed by atoms with Crippen LogP contribution in [0.3, 0.4) is 0 Å². The molecular weight excluding hydrogens is 264 g/mol. The van der Waals surface area contributed by atoms with E-state index in [-0.39, 0.29) is 0 Å². The quantitative estimate of drug-likeness (QED) is 0.686. The summed E-state index contributed by atoms with van der Waals surface area (Å²) >= 11 is 6.67. The van der Waals surface area contributed by atoms with Crippen molar-refractivity contribution in [2.24, 2.45) is 5.73 Å². The molecule has 0 aliphatic carbocycles. The lowest BCUT2D eigenvalue weighted by Gasteiger charge is -2.12. The maximum Gasteiger partial charge on any atom is 0.145 e. The summed E-state index contributed by atoms with van der Waals surface area (Å²) in [6.45, 7) is 0. The second-order valence-corrected chi connectivity index (χ2v) is 4.78. The predicted octanol–water partition coefficient (Wildman–Crippen LogP) is 3.23. The van der Waals surface area contributed by atoms with Gasteiger partial charge in [0, 0.05) is 11.1 Å². The monoisotopic (exact) mass is 276 g/mol. The lowest BCUT2D eigenvalue weighted by molar-refractivity contribution is 0.478. The van der Waals surface area contributed by atoms with E-state index in [0.29, 0.717) is 16.5 Å². The molecule has 0 aliphatic rings. The molecular formula is C13H12N2OS2. The van der Waals surface area contributed by atoms with Gasteiger partial charge in [0.1, 0.15) is 16.5 Å². The summed E-state index contributed by atoms with van der Waals surface area (Å²) < 4.78 is 5.77. The van der Waals surface area contributed by atoms with Crippen molar-refractivity contribution in [3.8, 4) is 11.5 Å². The van der Waals surface area contributed by atoms with E-state index in [9.17, 15) is 0 Å². The van der Waals surface area contributed by atoms with E-state index in [1.807, 2.05) is 36.6 Å². The van der Waals surface area contributed by atoms with Gasteiger partial charge in [-0.3, -0.25) is 4.98 Å². The second-order valence-electron chi connectivity index (χ2n) is 3.49. The Balaban J connectivity index is 2.42. The highest BCUT2D eigenvalue weighted by molar-refractivity contribution is 7.98. The number of nitrogens with two attached hydrogens (primary N) is 1. The van der Waals surface area contributed by atoms with Gasteiger partial charge in [-0.1, -0.05) is 18.3 Å². The molecule has 0 fully saturated rings. The molecule has 0 atom stereocenters. The Kier molecular flexibility index (Phi) is 4.17. The third-order valence-electron chi connectivity index (χ3n) is 2.32. The largest absolute Gasteiger partial charge is 0.455 e. The number of aromatic nitrogens is 1. The molecule has 0 spiro atoms. The number of nitrogens with zero attached hydrogens (tertiary/aromatic N) is 1. The summed E-state index contributed by atoms with van der Waals surface area (Å²) in [6.07, 6.45) is 5.32. The fourth-order valence-corrected chi connectivity index (χ4v) is 2.45. The van der Waals surface area contributed by atoms with E-state index >= 15 is 0 Å². The second kappa shape index (κ2) is 5.84. The number of ether oxygens (including phenoxy) is 1. The van der Waals surface area contributed by atoms with Crippen LogP contribution >= 0.6 is 24.0 Å². The van der Waals surface area contributed by atoms with Crippen molar-refractivity contribution < 1.29 is 4.74 Å². The Bertz CT molecular complexity index is 558. The highest BCUT2D eigenvalue weighted by Gasteiger charge is 2.12. The summed E-state index contributed by atoms with van der Waals surface area (Å²) in [6, 6.07) is 9.38. The SMILES string of the molecule is CSc1cccc(Oc2cccnc2)c1C(N)=S. The van der Waals surface area contributed by atoms with Gasteiger partial charge in [-0.15, -0.1) is 11.8 Å². The van der Waals surface area contributed by atoms with E-state index in [4.69, 9.17) is 22.7 Å². The molecule has 5 heteroatoms. The van der Waals surface area contributed by atoms with Gasteiger partial charge in [0.05, 0.1) is 11.8 Å². The molecule has 2 N–H and O–H groups in total. The van der Waals surface area contributed by atoms with Crippen LogP contribution in [0, 0.1) is 0 Å². The minimum Gasteiger partial charge on any atom is -0.455 e. The van der Waals surface area contributed by atoms with Crippen LogP contribution in [0.2, 0.25) is 0 Å². The molecule has 0 radical (unpaired) electrons. The van der Waals surface area contributed by atoms with Crippen molar-refractivity contribution >= 4 is 29.0 Å². The molecule has 1 aromatic carbocycles. The number of hydrogen-bond acceptors (Lipinski definition) is 4. The molecule has 0 amide bonds. The molecule has 2 rings (SSSR count). The molecule has 18 heavy (non-hydrogen) atoms. The fraction of sp³-hybridized carbons (Fsp3) is 0.0769. The van der Waals surface area contributed by atoms with Gasteiger partial charge in [-0.2, -0.15) is 0 Å². The Hall–Kier alpha value is -1.59. The number of pyridine rings is 1. The first-order valence-electron chi connectivity index (χ1n) is 5.27. The number of thiocarbonyl (C=S) groups is 1. The van der Waals surface area contributed by atoms with E-state index in [1.165, 1.54) is 0 Å². The van der Waals surface area contributed by atoms with Crippen molar-refractivity contribution in [2.45, 2.75) is 4.90 Å². The van der Waals surface area contributed by atoms with Crippen molar-refractivity contribution in [2.75, 3.05) is 6.26 Å². The zero-order chi connectivity index (χ0) is 13.0. The summed E-state index contributed by atoms with van der Waals surface area (Å²) in [7, 11) is 0. The molecule has 0 unspecified atom stereocenters. The summed E-state index contributed by atoms with van der Waals surface area (Å²) in [4.78, 5) is 5.34. The van der Waals surface area contributed by atoms with Crippen molar-refractivity contribution in [3.05, 3.63) is 48.3 Å². The first-order chi connectivity index (χ1) is 8.72. The number of rotatable bonds is 4. The van der Waals surface area contributed by atoms with Crippen LogP contribution in [0.4, 0.5) is 0 Å². The minimum atomic E-state index is 0.332. The van der Waals surface area contributed by atoms with Crippen LogP contribution in [0.15, 0.2) is 47.6 Å². The Morgan fingerprint density at radius 3 is 2.78 bits per heavy atom. The van der Waals surface area contributed by atoms with Crippen LogP contribution in [-0.4, -0.2) is 16.2 Å². The normalized spacial score (nSPS) is 10.1. The van der Waals surface area contributed by atoms with Crippen molar-refractivity contribution in [1.82, 2.24) is 4.98 Å². The highest BCUT2D eigenvalue weighted by Crippen LogP contribution is 2.31. The molecule has 1 aromatic heterocycles. The maximum atomic E-state index is 5.77. The van der Waals surface area contributed by atoms with Gasteiger partial charge in [0.25, 0.3) is 0 Å². The summed E-state index contributed by atoms with van der Waals surface area (Å²) in [5.74, 6) is 1.32. The van der Waals surface area contributed by atoms with Gasteiger partial charge in [-0.25, -0.2) is 0 Å².